The summed E-state index contributed by atoms with van der Waals surface area (Å²) >= 11 is 0. The van der Waals surface area contributed by atoms with Crippen LogP contribution < -0.4 is 10.6 Å². The van der Waals surface area contributed by atoms with Crippen molar-refractivity contribution in [3.8, 4) is 11.1 Å². The zero-order valence-corrected chi connectivity index (χ0v) is 12.2. The molecule has 1 aliphatic heterocycles. The topological polar surface area (TPSA) is 72.4 Å². The molecule has 22 heavy (non-hydrogen) atoms. The van der Waals surface area contributed by atoms with Gasteiger partial charge in [-0.3, -0.25) is 4.79 Å². The number of aromatic nitrogens is 1. The predicted molar refractivity (Wildman–Crippen MR) is 85.6 cm³/mol. The number of hydrogen-bond donors (Lipinski definition) is 1. The molecule has 0 spiro atoms. The summed E-state index contributed by atoms with van der Waals surface area (Å²) in [7, 11) is 0. The van der Waals surface area contributed by atoms with Crippen molar-refractivity contribution in [2.24, 2.45) is 0 Å². The highest BCUT2D eigenvalue weighted by Crippen LogP contribution is 2.37. The van der Waals surface area contributed by atoms with E-state index in [1.54, 1.807) is 25.5 Å². The van der Waals surface area contributed by atoms with E-state index in [4.69, 9.17) is 10.2 Å². The van der Waals surface area contributed by atoms with E-state index in [0.717, 1.165) is 40.7 Å². The first kappa shape index (κ1) is 12.9. The van der Waals surface area contributed by atoms with Gasteiger partial charge in [0.15, 0.2) is 0 Å². The highest BCUT2D eigenvalue weighted by molar-refractivity contribution is 6.01. The quantitative estimate of drug-likeness (QED) is 0.748. The lowest BCUT2D eigenvalue weighted by molar-refractivity contribution is -0.116. The number of carbonyl (C=O) groups is 1. The number of amides is 1. The van der Waals surface area contributed by atoms with E-state index in [0.29, 0.717) is 5.82 Å². The maximum absolute atomic E-state index is 11.6. The Bertz CT molecular complexity index is 898. The molecule has 4 rings (SSSR count). The Morgan fingerprint density at radius 3 is 3.05 bits per heavy atom. The number of furan rings is 1. The molecule has 0 atom stereocenters. The summed E-state index contributed by atoms with van der Waals surface area (Å²) in [4.78, 5) is 17.6. The summed E-state index contributed by atoms with van der Waals surface area (Å²) in [5, 5.41) is 0.837. The maximum Gasteiger partial charge on any atom is 0.223 e. The molecule has 0 unspecified atom stereocenters. The molecule has 110 valence electrons. The van der Waals surface area contributed by atoms with Gasteiger partial charge in [0.25, 0.3) is 0 Å². The van der Waals surface area contributed by atoms with Crippen molar-refractivity contribution in [1.82, 2.24) is 4.98 Å². The number of nitrogens with zero attached hydrogens (tertiary/aromatic N) is 2. The van der Waals surface area contributed by atoms with Crippen molar-refractivity contribution in [1.29, 1.82) is 0 Å². The van der Waals surface area contributed by atoms with Crippen molar-refractivity contribution in [3.63, 3.8) is 0 Å². The molecule has 1 aliphatic rings. The summed E-state index contributed by atoms with van der Waals surface area (Å²) in [6.07, 6.45) is 4.22. The zero-order chi connectivity index (χ0) is 15.3. The average Bonchev–Trinajstić information content (AvgIpc) is 3.11. The summed E-state index contributed by atoms with van der Waals surface area (Å²) in [6.45, 7) is 2.34. The molecule has 0 saturated heterocycles. The second kappa shape index (κ2) is 4.59. The third-order valence-corrected chi connectivity index (χ3v) is 4.18. The first-order valence-corrected chi connectivity index (χ1v) is 7.18. The van der Waals surface area contributed by atoms with E-state index in [2.05, 4.69) is 11.1 Å². The van der Waals surface area contributed by atoms with E-state index in [1.807, 2.05) is 17.0 Å². The Labute approximate surface area is 127 Å². The third kappa shape index (κ3) is 1.79. The number of nitrogen functional groups attached to an aromatic ring is 1. The van der Waals surface area contributed by atoms with Crippen molar-refractivity contribution in [3.05, 3.63) is 42.3 Å². The van der Waals surface area contributed by atoms with E-state index in [-0.39, 0.29) is 5.91 Å². The van der Waals surface area contributed by atoms with Crippen LogP contribution in [0.25, 0.3) is 22.1 Å². The molecule has 2 N–H and O–H groups in total. The molecule has 1 aromatic carbocycles. The van der Waals surface area contributed by atoms with Crippen LogP contribution in [0.1, 0.15) is 12.5 Å². The van der Waals surface area contributed by atoms with Crippen LogP contribution in [0, 0.1) is 0 Å². The summed E-state index contributed by atoms with van der Waals surface area (Å²) in [5.41, 5.74) is 10.9. The lowest BCUT2D eigenvalue weighted by Crippen LogP contribution is -2.25. The Hall–Kier alpha value is -2.82. The number of fused-ring (bicyclic) bond motifs is 2. The monoisotopic (exact) mass is 293 g/mol. The molecule has 5 heteroatoms. The minimum absolute atomic E-state index is 0.0775. The number of anilines is 2. The highest BCUT2D eigenvalue weighted by atomic mass is 16.3. The van der Waals surface area contributed by atoms with Gasteiger partial charge in [-0.2, -0.15) is 0 Å². The van der Waals surface area contributed by atoms with Gasteiger partial charge in [0.2, 0.25) is 5.91 Å². The number of benzene rings is 1. The molecule has 0 saturated carbocycles. The molecule has 0 bridgehead atoms. The minimum Gasteiger partial charge on any atom is -0.463 e. The van der Waals surface area contributed by atoms with Crippen LogP contribution in [0.4, 0.5) is 11.5 Å². The van der Waals surface area contributed by atoms with Crippen LogP contribution in [-0.4, -0.2) is 17.4 Å². The van der Waals surface area contributed by atoms with Gasteiger partial charge in [0.1, 0.15) is 11.4 Å². The van der Waals surface area contributed by atoms with Gasteiger partial charge >= 0.3 is 0 Å². The van der Waals surface area contributed by atoms with Crippen LogP contribution in [0.2, 0.25) is 0 Å². The smallest absolute Gasteiger partial charge is 0.223 e. The molecule has 0 fully saturated rings. The first-order chi connectivity index (χ1) is 10.6. The molecule has 0 radical (unpaired) electrons. The first-order valence-electron chi connectivity index (χ1n) is 7.18. The standard InChI is InChI=1S/C17H15N3O2/c1-10(21)20-7-5-12-8-11(2-3-14(12)20)13-9-22-15-4-6-19-17(18)16(13)15/h2-4,6,8-9H,5,7H2,1H3,(H2,18,19). The van der Waals surface area contributed by atoms with Gasteiger partial charge in [-0.1, -0.05) is 6.07 Å². The van der Waals surface area contributed by atoms with Crippen LogP contribution >= 0.6 is 0 Å². The fourth-order valence-corrected chi connectivity index (χ4v) is 3.12. The van der Waals surface area contributed by atoms with Gasteiger partial charge in [-0.25, -0.2) is 4.98 Å². The Balaban J connectivity index is 1.86. The summed E-state index contributed by atoms with van der Waals surface area (Å²) in [5.74, 6) is 0.542. The third-order valence-electron chi connectivity index (χ3n) is 4.18. The molecular formula is C17H15N3O2. The second-order valence-electron chi connectivity index (χ2n) is 5.48. The van der Waals surface area contributed by atoms with Gasteiger partial charge in [0.05, 0.1) is 11.6 Å². The van der Waals surface area contributed by atoms with Crippen molar-refractivity contribution in [2.45, 2.75) is 13.3 Å². The normalized spacial score (nSPS) is 13.6. The minimum atomic E-state index is 0.0775. The lowest BCUT2D eigenvalue weighted by atomic mass is 10.0. The van der Waals surface area contributed by atoms with Crippen LogP contribution in [0.15, 0.2) is 41.1 Å². The zero-order valence-electron chi connectivity index (χ0n) is 12.2. The second-order valence-corrected chi connectivity index (χ2v) is 5.48. The predicted octanol–water partition coefficient (Wildman–Crippen LogP) is 2.99. The molecule has 3 aromatic rings. The van der Waals surface area contributed by atoms with E-state index in [9.17, 15) is 4.79 Å². The molecule has 1 amide bonds. The Morgan fingerprint density at radius 2 is 2.23 bits per heavy atom. The van der Waals surface area contributed by atoms with Gasteiger partial charge < -0.3 is 15.1 Å². The lowest BCUT2D eigenvalue weighted by Gasteiger charge is -2.14. The number of carbonyl (C=O) groups excluding carboxylic acids is 1. The van der Waals surface area contributed by atoms with Crippen LogP contribution in [0.3, 0.4) is 0 Å². The SMILES string of the molecule is CC(=O)N1CCc2cc(-c3coc4ccnc(N)c34)ccc21. The summed E-state index contributed by atoms with van der Waals surface area (Å²) < 4.78 is 5.58. The number of rotatable bonds is 1. The largest absolute Gasteiger partial charge is 0.463 e. The van der Waals surface area contributed by atoms with Crippen molar-refractivity contribution in [2.75, 3.05) is 17.2 Å². The van der Waals surface area contributed by atoms with Crippen molar-refractivity contribution < 1.29 is 9.21 Å². The fraction of sp³-hybridized carbons (Fsp3) is 0.176. The molecule has 0 aliphatic carbocycles. The molecule has 3 heterocycles. The van der Waals surface area contributed by atoms with Crippen molar-refractivity contribution >= 4 is 28.4 Å². The van der Waals surface area contributed by atoms with Gasteiger partial charge in [0, 0.05) is 30.9 Å². The molecule has 2 aromatic heterocycles. The fourth-order valence-electron chi connectivity index (χ4n) is 3.12. The maximum atomic E-state index is 11.6. The number of hydrogen-bond acceptors (Lipinski definition) is 4. The molecular weight excluding hydrogens is 278 g/mol. The molecule has 5 nitrogen and oxygen atoms in total. The highest BCUT2D eigenvalue weighted by Gasteiger charge is 2.23. The van der Waals surface area contributed by atoms with E-state index in [1.165, 1.54) is 5.56 Å². The Kier molecular flexibility index (Phi) is 2.69. The van der Waals surface area contributed by atoms with Crippen LogP contribution in [0.5, 0.6) is 0 Å². The Morgan fingerprint density at radius 1 is 1.36 bits per heavy atom. The van der Waals surface area contributed by atoms with Crippen LogP contribution in [-0.2, 0) is 11.2 Å². The summed E-state index contributed by atoms with van der Waals surface area (Å²) in [6, 6.07) is 7.90. The van der Waals surface area contributed by atoms with Gasteiger partial charge in [-0.15, -0.1) is 0 Å². The van der Waals surface area contributed by atoms with Gasteiger partial charge in [-0.05, 0) is 35.7 Å². The van der Waals surface area contributed by atoms with E-state index >= 15 is 0 Å². The average molecular weight is 293 g/mol. The number of pyridine rings is 1. The van der Waals surface area contributed by atoms with E-state index < -0.39 is 0 Å². The number of nitrogens with two attached hydrogens (primary N) is 1.